The molecule has 0 aliphatic rings. The minimum atomic E-state index is -4.76. The number of carbonyl (C=O) groups excluding carboxylic acids is 1. The van der Waals surface area contributed by atoms with Crippen molar-refractivity contribution >= 4 is 21.6 Å². The summed E-state index contributed by atoms with van der Waals surface area (Å²) in [4.78, 5) is 10.8. The molecular weight excluding hydrogens is 304 g/mol. The monoisotopic (exact) mass is 314 g/mol. The van der Waals surface area contributed by atoms with Crippen molar-refractivity contribution in [3.05, 3.63) is 29.6 Å². The fourth-order valence-electron chi connectivity index (χ4n) is 1.41. The van der Waals surface area contributed by atoms with Crippen LogP contribution < -0.4 is 10.0 Å². The molecule has 0 saturated heterocycles. The van der Waals surface area contributed by atoms with E-state index in [0.29, 0.717) is 22.7 Å². The summed E-state index contributed by atoms with van der Waals surface area (Å²) in [6, 6.07) is 1.29. The summed E-state index contributed by atoms with van der Waals surface area (Å²) in [5, 5.41) is 0. The minimum absolute atomic E-state index is 0.147. The van der Waals surface area contributed by atoms with Gasteiger partial charge in [-0.1, -0.05) is 0 Å². The van der Waals surface area contributed by atoms with Crippen LogP contribution in [-0.2, 0) is 21.0 Å². The molecule has 0 fully saturated rings. The van der Waals surface area contributed by atoms with E-state index in [1.165, 1.54) is 0 Å². The number of sulfonamides is 1. The Morgan fingerprint density at radius 1 is 1.35 bits per heavy atom. The van der Waals surface area contributed by atoms with Gasteiger partial charge in [-0.3, -0.25) is 9.10 Å². The van der Waals surface area contributed by atoms with Gasteiger partial charge in [0.05, 0.1) is 17.5 Å². The summed E-state index contributed by atoms with van der Waals surface area (Å²) >= 11 is 0. The lowest BCUT2D eigenvalue weighted by atomic mass is 10.2. The number of hydrogen-bond donors (Lipinski definition) is 1. The number of rotatable bonds is 4. The zero-order valence-corrected chi connectivity index (χ0v) is 10.9. The Morgan fingerprint density at radius 2 is 1.90 bits per heavy atom. The molecule has 1 aromatic rings. The maximum Gasteiger partial charge on any atom is 0.416 e. The van der Waals surface area contributed by atoms with Crippen molar-refractivity contribution in [1.29, 1.82) is 0 Å². The Bertz CT molecular complexity index is 628. The fourth-order valence-corrected chi connectivity index (χ4v) is 2.28. The van der Waals surface area contributed by atoms with Gasteiger partial charge in [-0.25, -0.2) is 12.8 Å². The molecule has 1 amide bonds. The largest absolute Gasteiger partial charge is 0.416 e. The minimum Gasteiger partial charge on any atom is -0.368 e. The number of primary amides is 1. The normalized spacial score (nSPS) is 12.2. The van der Waals surface area contributed by atoms with Crippen LogP contribution in [-0.4, -0.2) is 27.1 Å². The molecule has 0 heterocycles. The van der Waals surface area contributed by atoms with Crippen molar-refractivity contribution in [2.45, 2.75) is 6.18 Å². The van der Waals surface area contributed by atoms with Crippen LogP contribution in [0.25, 0.3) is 0 Å². The zero-order chi connectivity index (χ0) is 15.7. The van der Waals surface area contributed by atoms with Gasteiger partial charge in [0.25, 0.3) is 0 Å². The molecule has 0 saturated carbocycles. The van der Waals surface area contributed by atoms with Crippen molar-refractivity contribution in [2.75, 3.05) is 17.1 Å². The maximum atomic E-state index is 13.7. The van der Waals surface area contributed by atoms with Crippen LogP contribution >= 0.6 is 0 Å². The van der Waals surface area contributed by atoms with Gasteiger partial charge in [-0.2, -0.15) is 13.2 Å². The van der Waals surface area contributed by atoms with Gasteiger partial charge in [0.2, 0.25) is 15.9 Å². The van der Waals surface area contributed by atoms with E-state index in [1.54, 1.807) is 0 Å². The van der Waals surface area contributed by atoms with Crippen molar-refractivity contribution < 1.29 is 30.8 Å². The van der Waals surface area contributed by atoms with E-state index in [2.05, 4.69) is 0 Å². The standard InChI is InChI=1S/C10H10F4N2O3S/c1-20(18,19)16(5-9(15)17)8-3-2-6(4-7(8)11)10(12,13)14/h2-4H,5H2,1H3,(H2,15,17). The van der Waals surface area contributed by atoms with Crippen molar-refractivity contribution in [1.82, 2.24) is 0 Å². The number of halogens is 4. The average molecular weight is 314 g/mol. The van der Waals surface area contributed by atoms with E-state index >= 15 is 0 Å². The van der Waals surface area contributed by atoms with Crippen LogP contribution in [0.4, 0.5) is 23.2 Å². The van der Waals surface area contributed by atoms with Gasteiger partial charge in [-0.05, 0) is 18.2 Å². The summed E-state index contributed by atoms with van der Waals surface area (Å²) in [5.41, 5.74) is 2.88. The molecule has 10 heteroatoms. The Morgan fingerprint density at radius 3 is 2.25 bits per heavy atom. The molecule has 0 radical (unpaired) electrons. The topological polar surface area (TPSA) is 80.5 Å². The fraction of sp³-hybridized carbons (Fsp3) is 0.300. The third kappa shape index (κ3) is 3.83. The van der Waals surface area contributed by atoms with Gasteiger partial charge in [0, 0.05) is 0 Å². The number of nitrogens with two attached hydrogens (primary N) is 1. The lowest BCUT2D eigenvalue weighted by Crippen LogP contribution is -2.38. The van der Waals surface area contributed by atoms with E-state index in [1.807, 2.05) is 0 Å². The second-order valence-electron chi connectivity index (χ2n) is 3.90. The Balaban J connectivity index is 3.33. The first-order chi connectivity index (χ1) is 8.93. The van der Waals surface area contributed by atoms with E-state index in [0.717, 1.165) is 0 Å². The Kier molecular flexibility index (Phi) is 4.27. The van der Waals surface area contributed by atoms with E-state index in [9.17, 15) is 30.8 Å². The summed E-state index contributed by atoms with van der Waals surface area (Å²) in [6.07, 6.45) is -4.09. The predicted molar refractivity (Wildman–Crippen MR) is 62.8 cm³/mol. The van der Waals surface area contributed by atoms with Crippen LogP contribution in [0.1, 0.15) is 5.56 Å². The molecule has 1 aromatic carbocycles. The number of hydrogen-bond acceptors (Lipinski definition) is 3. The number of benzene rings is 1. The first-order valence-electron chi connectivity index (χ1n) is 5.05. The zero-order valence-electron chi connectivity index (χ0n) is 10.1. The highest BCUT2D eigenvalue weighted by Crippen LogP contribution is 2.32. The predicted octanol–water partition coefficient (Wildman–Crippen LogP) is 1.10. The van der Waals surface area contributed by atoms with Crippen LogP contribution in [0.5, 0.6) is 0 Å². The molecule has 20 heavy (non-hydrogen) atoms. The van der Waals surface area contributed by atoms with Crippen LogP contribution in [0, 0.1) is 5.82 Å². The van der Waals surface area contributed by atoms with E-state index in [-0.39, 0.29) is 6.07 Å². The quantitative estimate of drug-likeness (QED) is 0.845. The van der Waals surface area contributed by atoms with Gasteiger partial charge >= 0.3 is 6.18 Å². The number of anilines is 1. The number of alkyl halides is 3. The first kappa shape index (κ1) is 16.2. The molecule has 0 spiro atoms. The third-order valence-electron chi connectivity index (χ3n) is 2.24. The summed E-state index contributed by atoms with van der Waals surface area (Å²) in [5.74, 6) is -2.50. The molecule has 0 unspecified atom stereocenters. The highest BCUT2D eigenvalue weighted by molar-refractivity contribution is 7.92. The summed E-state index contributed by atoms with van der Waals surface area (Å²) < 4.78 is 73.9. The van der Waals surface area contributed by atoms with Crippen molar-refractivity contribution in [3.63, 3.8) is 0 Å². The van der Waals surface area contributed by atoms with E-state index < -0.39 is 45.7 Å². The smallest absolute Gasteiger partial charge is 0.368 e. The molecule has 0 atom stereocenters. The molecule has 0 aromatic heterocycles. The Labute approximate surface area is 112 Å². The summed E-state index contributed by atoms with van der Waals surface area (Å²) in [6.45, 7) is -0.874. The average Bonchev–Trinajstić information content (AvgIpc) is 2.23. The number of amides is 1. The SMILES string of the molecule is CS(=O)(=O)N(CC(N)=O)c1ccc(C(F)(F)F)cc1F. The highest BCUT2D eigenvalue weighted by Gasteiger charge is 2.32. The molecule has 0 bridgehead atoms. The third-order valence-corrected chi connectivity index (χ3v) is 3.37. The van der Waals surface area contributed by atoms with E-state index in [4.69, 9.17) is 5.73 Å². The second-order valence-corrected chi connectivity index (χ2v) is 5.81. The Hall–Kier alpha value is -1.84. The number of carbonyl (C=O) groups is 1. The molecule has 0 aliphatic carbocycles. The van der Waals surface area contributed by atoms with Gasteiger partial charge in [-0.15, -0.1) is 0 Å². The lowest BCUT2D eigenvalue weighted by molar-refractivity contribution is -0.137. The highest BCUT2D eigenvalue weighted by atomic mass is 32.2. The molecule has 1 rings (SSSR count). The maximum absolute atomic E-state index is 13.7. The lowest BCUT2D eigenvalue weighted by Gasteiger charge is -2.21. The molecular formula is C10H10F4N2O3S. The van der Waals surface area contributed by atoms with Crippen LogP contribution in [0.3, 0.4) is 0 Å². The second kappa shape index (κ2) is 5.27. The van der Waals surface area contributed by atoms with Gasteiger partial charge in [0.15, 0.2) is 0 Å². The molecule has 5 nitrogen and oxygen atoms in total. The van der Waals surface area contributed by atoms with Crippen LogP contribution in [0.2, 0.25) is 0 Å². The first-order valence-corrected chi connectivity index (χ1v) is 6.90. The van der Waals surface area contributed by atoms with Gasteiger partial charge in [0.1, 0.15) is 12.4 Å². The molecule has 0 aliphatic heterocycles. The van der Waals surface area contributed by atoms with Crippen molar-refractivity contribution in [2.24, 2.45) is 5.73 Å². The van der Waals surface area contributed by atoms with Crippen LogP contribution in [0.15, 0.2) is 18.2 Å². The van der Waals surface area contributed by atoms with Crippen molar-refractivity contribution in [3.8, 4) is 0 Å². The number of nitrogens with zero attached hydrogens (tertiary/aromatic N) is 1. The molecule has 2 N–H and O–H groups in total. The summed E-state index contributed by atoms with van der Waals surface area (Å²) in [7, 11) is -4.07. The molecule has 112 valence electrons. The van der Waals surface area contributed by atoms with Gasteiger partial charge < -0.3 is 5.73 Å².